The SMILES string of the molecule is CC(C)(C)OC(=O)N(Cc1ccc2[nH]c(I)cc2c1)C1CCOCC1. The fraction of sp³-hybridized carbons (Fsp3) is 0.526. The van der Waals surface area contributed by atoms with Gasteiger partial charge in [-0.15, -0.1) is 0 Å². The number of H-pyrrole nitrogens is 1. The predicted molar refractivity (Wildman–Crippen MR) is 107 cm³/mol. The highest BCUT2D eigenvalue weighted by atomic mass is 127. The van der Waals surface area contributed by atoms with Crippen LogP contribution in [0.5, 0.6) is 0 Å². The van der Waals surface area contributed by atoms with Crippen LogP contribution < -0.4 is 0 Å². The molecule has 2 heterocycles. The summed E-state index contributed by atoms with van der Waals surface area (Å²) in [5.41, 5.74) is 1.73. The number of carbonyl (C=O) groups excluding carboxylic acids is 1. The van der Waals surface area contributed by atoms with Crippen molar-refractivity contribution < 1.29 is 14.3 Å². The molecule has 136 valence electrons. The van der Waals surface area contributed by atoms with Crippen molar-refractivity contribution in [1.82, 2.24) is 9.88 Å². The molecule has 5 nitrogen and oxygen atoms in total. The lowest BCUT2D eigenvalue weighted by Gasteiger charge is -2.35. The molecule has 0 atom stereocenters. The summed E-state index contributed by atoms with van der Waals surface area (Å²) in [5, 5.41) is 1.16. The smallest absolute Gasteiger partial charge is 0.410 e. The molecule has 1 aliphatic heterocycles. The van der Waals surface area contributed by atoms with Crippen LogP contribution in [0, 0.1) is 3.70 Å². The van der Waals surface area contributed by atoms with Crippen molar-refractivity contribution >= 4 is 39.6 Å². The second-order valence-corrected chi connectivity index (χ2v) is 8.65. The Labute approximate surface area is 162 Å². The summed E-state index contributed by atoms with van der Waals surface area (Å²) in [6.07, 6.45) is 1.45. The maximum atomic E-state index is 12.8. The highest BCUT2D eigenvalue weighted by Crippen LogP contribution is 2.23. The number of aromatic nitrogens is 1. The van der Waals surface area contributed by atoms with E-state index in [1.807, 2.05) is 25.7 Å². The van der Waals surface area contributed by atoms with Gasteiger partial charge in [-0.1, -0.05) is 6.07 Å². The van der Waals surface area contributed by atoms with Crippen LogP contribution in [0.4, 0.5) is 4.79 Å². The fourth-order valence-electron chi connectivity index (χ4n) is 3.10. The van der Waals surface area contributed by atoms with Gasteiger partial charge in [0, 0.05) is 36.7 Å². The van der Waals surface area contributed by atoms with Crippen LogP contribution in [0.2, 0.25) is 0 Å². The zero-order valence-electron chi connectivity index (χ0n) is 15.0. The van der Waals surface area contributed by atoms with E-state index in [0.717, 1.165) is 33.0 Å². The molecule has 0 bridgehead atoms. The van der Waals surface area contributed by atoms with Crippen LogP contribution in [0.1, 0.15) is 39.2 Å². The maximum Gasteiger partial charge on any atom is 0.410 e. The summed E-state index contributed by atoms with van der Waals surface area (Å²) >= 11 is 2.28. The van der Waals surface area contributed by atoms with Gasteiger partial charge in [0.05, 0.1) is 3.70 Å². The number of hydrogen-bond acceptors (Lipinski definition) is 3. The average Bonchev–Trinajstić information content (AvgIpc) is 2.91. The third-order valence-corrected chi connectivity index (χ3v) is 4.85. The average molecular weight is 456 g/mol. The van der Waals surface area contributed by atoms with Crippen molar-refractivity contribution in [2.75, 3.05) is 13.2 Å². The highest BCUT2D eigenvalue weighted by Gasteiger charge is 2.29. The third kappa shape index (κ3) is 4.88. The van der Waals surface area contributed by atoms with Gasteiger partial charge in [-0.25, -0.2) is 4.79 Å². The minimum Gasteiger partial charge on any atom is -0.444 e. The van der Waals surface area contributed by atoms with Gasteiger partial charge in [0.25, 0.3) is 0 Å². The molecule has 1 aromatic carbocycles. The van der Waals surface area contributed by atoms with Crippen molar-refractivity contribution in [3.63, 3.8) is 0 Å². The molecule has 6 heteroatoms. The fourth-order valence-corrected chi connectivity index (χ4v) is 3.73. The first kappa shape index (κ1) is 18.5. The van der Waals surface area contributed by atoms with Crippen LogP contribution in [0.25, 0.3) is 10.9 Å². The van der Waals surface area contributed by atoms with Gasteiger partial charge in [0.15, 0.2) is 0 Å². The number of nitrogens with zero attached hydrogens (tertiary/aromatic N) is 1. The zero-order chi connectivity index (χ0) is 18.0. The van der Waals surface area contributed by atoms with E-state index in [-0.39, 0.29) is 12.1 Å². The molecule has 0 radical (unpaired) electrons. The molecule has 0 unspecified atom stereocenters. The lowest BCUT2D eigenvalue weighted by atomic mass is 10.1. The number of amides is 1. The summed E-state index contributed by atoms with van der Waals surface area (Å²) in [4.78, 5) is 18.0. The Morgan fingerprint density at radius 3 is 2.72 bits per heavy atom. The topological polar surface area (TPSA) is 54.6 Å². The van der Waals surface area contributed by atoms with Gasteiger partial charge in [-0.05, 0) is 80.0 Å². The lowest BCUT2D eigenvalue weighted by molar-refractivity contribution is -0.00807. The molecule has 1 aliphatic rings. The number of fused-ring (bicyclic) bond motifs is 1. The van der Waals surface area contributed by atoms with Gasteiger partial charge in [0.1, 0.15) is 5.60 Å². The largest absolute Gasteiger partial charge is 0.444 e. The van der Waals surface area contributed by atoms with Gasteiger partial charge in [-0.3, -0.25) is 0 Å². The summed E-state index contributed by atoms with van der Waals surface area (Å²) in [6, 6.07) is 8.57. The molecule has 0 aliphatic carbocycles. The Morgan fingerprint density at radius 1 is 1.32 bits per heavy atom. The number of carbonyl (C=O) groups is 1. The molecule has 1 fully saturated rings. The van der Waals surface area contributed by atoms with E-state index in [9.17, 15) is 4.79 Å². The van der Waals surface area contributed by atoms with Crippen LogP contribution in [0.15, 0.2) is 24.3 Å². The molecule has 1 N–H and O–H groups in total. The third-order valence-electron chi connectivity index (χ3n) is 4.26. The zero-order valence-corrected chi connectivity index (χ0v) is 17.1. The molecule has 1 aromatic heterocycles. The Balaban J connectivity index is 1.82. The second kappa shape index (κ2) is 7.53. The first-order valence-corrected chi connectivity index (χ1v) is 9.74. The number of ether oxygens (including phenoxy) is 2. The Kier molecular flexibility index (Phi) is 5.58. The molecule has 2 aromatic rings. The second-order valence-electron chi connectivity index (χ2n) is 7.49. The number of hydrogen-bond donors (Lipinski definition) is 1. The van der Waals surface area contributed by atoms with Crippen LogP contribution in [0.3, 0.4) is 0 Å². The predicted octanol–water partition coefficient (Wildman–Crippen LogP) is 4.69. The molecule has 25 heavy (non-hydrogen) atoms. The quantitative estimate of drug-likeness (QED) is 0.683. The van der Waals surface area contributed by atoms with Gasteiger partial charge < -0.3 is 19.4 Å². The molecule has 1 amide bonds. The summed E-state index contributed by atoms with van der Waals surface area (Å²) in [6.45, 7) is 7.65. The molecule has 0 saturated carbocycles. The molecule has 1 saturated heterocycles. The highest BCUT2D eigenvalue weighted by molar-refractivity contribution is 14.1. The van der Waals surface area contributed by atoms with E-state index >= 15 is 0 Å². The van der Waals surface area contributed by atoms with Crippen molar-refractivity contribution in [3.05, 3.63) is 33.5 Å². The molecular formula is C19H25IN2O3. The van der Waals surface area contributed by atoms with Crippen molar-refractivity contribution in [3.8, 4) is 0 Å². The van der Waals surface area contributed by atoms with Gasteiger partial charge in [-0.2, -0.15) is 0 Å². The van der Waals surface area contributed by atoms with Gasteiger partial charge in [0.2, 0.25) is 0 Å². The lowest BCUT2D eigenvalue weighted by Crippen LogP contribution is -2.45. The van der Waals surface area contributed by atoms with Crippen LogP contribution in [-0.4, -0.2) is 40.8 Å². The van der Waals surface area contributed by atoms with Crippen molar-refractivity contribution in [2.24, 2.45) is 0 Å². The van der Waals surface area contributed by atoms with Gasteiger partial charge >= 0.3 is 6.09 Å². The number of halogens is 1. The summed E-state index contributed by atoms with van der Waals surface area (Å²) in [7, 11) is 0. The van der Waals surface area contributed by atoms with Crippen LogP contribution in [-0.2, 0) is 16.0 Å². The summed E-state index contributed by atoms with van der Waals surface area (Å²) < 4.78 is 12.2. The monoisotopic (exact) mass is 456 g/mol. The first-order valence-electron chi connectivity index (χ1n) is 8.66. The standard InChI is InChI=1S/C19H25IN2O3/c1-19(2,3)25-18(23)22(15-6-8-24-9-7-15)12-13-4-5-16-14(10-13)11-17(20)21-16/h4-5,10-11,15,21H,6-9,12H2,1-3H3. The first-order chi connectivity index (χ1) is 11.8. The summed E-state index contributed by atoms with van der Waals surface area (Å²) in [5.74, 6) is 0. The van der Waals surface area contributed by atoms with E-state index in [2.05, 4.69) is 51.8 Å². The molecule has 3 rings (SSSR count). The van der Waals surface area contributed by atoms with E-state index < -0.39 is 5.60 Å². The number of benzene rings is 1. The number of nitrogens with one attached hydrogen (secondary N) is 1. The molecular weight excluding hydrogens is 431 g/mol. The normalized spacial score (nSPS) is 16.2. The van der Waals surface area contributed by atoms with Crippen molar-refractivity contribution in [1.29, 1.82) is 0 Å². The van der Waals surface area contributed by atoms with Crippen LogP contribution >= 0.6 is 22.6 Å². The number of aromatic amines is 1. The van der Waals surface area contributed by atoms with E-state index in [1.54, 1.807) is 0 Å². The molecule has 0 spiro atoms. The Hall–Kier alpha value is -1.28. The Morgan fingerprint density at radius 2 is 2.04 bits per heavy atom. The van der Waals surface area contributed by atoms with E-state index in [1.165, 1.54) is 0 Å². The van der Waals surface area contributed by atoms with E-state index in [4.69, 9.17) is 9.47 Å². The van der Waals surface area contributed by atoms with E-state index in [0.29, 0.717) is 19.8 Å². The number of rotatable bonds is 3. The maximum absolute atomic E-state index is 12.8. The van der Waals surface area contributed by atoms with Crippen molar-refractivity contribution in [2.45, 2.75) is 51.8 Å². The minimum atomic E-state index is -0.499. The minimum absolute atomic E-state index is 0.158. The Bertz CT molecular complexity index is 745.